The molecule has 110 valence electrons. The van der Waals surface area contributed by atoms with Gasteiger partial charge in [-0.1, -0.05) is 12.1 Å². The number of nitriles is 1. The molecule has 7 heteroatoms. The molecular formula is C15H11N3O3S. The Hall–Kier alpha value is -2.98. The molecule has 0 spiro atoms. The first-order valence-corrected chi connectivity index (χ1v) is 7.11. The highest BCUT2D eigenvalue weighted by molar-refractivity contribution is 7.10. The topological polar surface area (TPSA) is 96.0 Å². The molecule has 1 heterocycles. The Kier molecular flexibility index (Phi) is 4.66. The van der Waals surface area contributed by atoms with Crippen molar-refractivity contribution in [3.8, 4) is 6.07 Å². The van der Waals surface area contributed by atoms with E-state index in [2.05, 4.69) is 5.32 Å². The van der Waals surface area contributed by atoms with Gasteiger partial charge in [-0.2, -0.15) is 5.26 Å². The predicted molar refractivity (Wildman–Crippen MR) is 84.4 cm³/mol. The third-order valence-corrected chi connectivity index (χ3v) is 3.61. The van der Waals surface area contributed by atoms with Crippen LogP contribution in [0.25, 0.3) is 6.08 Å². The van der Waals surface area contributed by atoms with Crippen molar-refractivity contribution >= 4 is 34.7 Å². The van der Waals surface area contributed by atoms with Gasteiger partial charge in [0.1, 0.15) is 17.3 Å². The van der Waals surface area contributed by atoms with Crippen LogP contribution in [-0.2, 0) is 4.79 Å². The molecule has 0 unspecified atom stereocenters. The quantitative estimate of drug-likeness (QED) is 0.404. The largest absolute Gasteiger partial charge is 0.316 e. The number of benzene rings is 1. The third-order valence-electron chi connectivity index (χ3n) is 2.79. The summed E-state index contributed by atoms with van der Waals surface area (Å²) in [6, 6.07) is 9.84. The zero-order chi connectivity index (χ0) is 16.1. The van der Waals surface area contributed by atoms with Crippen LogP contribution in [0.2, 0.25) is 0 Å². The molecule has 0 fully saturated rings. The number of carbonyl (C=O) groups is 1. The molecule has 22 heavy (non-hydrogen) atoms. The van der Waals surface area contributed by atoms with Crippen LogP contribution in [-0.4, -0.2) is 10.8 Å². The number of amides is 1. The lowest BCUT2D eigenvalue weighted by Gasteiger charge is -2.05. The fraction of sp³-hybridized carbons (Fsp3) is 0.0667. The van der Waals surface area contributed by atoms with Crippen molar-refractivity contribution in [1.82, 2.24) is 0 Å². The van der Waals surface area contributed by atoms with Crippen LogP contribution in [0.5, 0.6) is 0 Å². The maximum absolute atomic E-state index is 12.1. The van der Waals surface area contributed by atoms with E-state index in [9.17, 15) is 14.9 Å². The fourth-order valence-electron chi connectivity index (χ4n) is 1.75. The normalized spacial score (nSPS) is 10.8. The average Bonchev–Trinajstić information content (AvgIpc) is 2.99. The van der Waals surface area contributed by atoms with Gasteiger partial charge in [0, 0.05) is 10.9 Å². The average molecular weight is 313 g/mol. The summed E-state index contributed by atoms with van der Waals surface area (Å²) in [5, 5.41) is 24.4. The minimum Gasteiger partial charge on any atom is -0.316 e. The Labute approximate surface area is 130 Å². The molecule has 2 rings (SSSR count). The Balaban J connectivity index is 2.29. The molecule has 0 saturated carbocycles. The third kappa shape index (κ3) is 3.56. The molecule has 6 nitrogen and oxygen atoms in total. The molecule has 0 bridgehead atoms. The maximum atomic E-state index is 12.1. The lowest BCUT2D eigenvalue weighted by Crippen LogP contribution is -2.14. The van der Waals surface area contributed by atoms with Gasteiger partial charge in [-0.25, -0.2) is 0 Å². The van der Waals surface area contributed by atoms with Gasteiger partial charge < -0.3 is 5.32 Å². The van der Waals surface area contributed by atoms with Gasteiger partial charge >= 0.3 is 0 Å². The molecule has 1 aromatic heterocycles. The van der Waals surface area contributed by atoms with E-state index in [0.717, 1.165) is 4.88 Å². The van der Waals surface area contributed by atoms with Gasteiger partial charge in [0.15, 0.2) is 0 Å². The van der Waals surface area contributed by atoms with Gasteiger partial charge in [-0.05, 0) is 36.1 Å². The van der Waals surface area contributed by atoms with Crippen LogP contribution in [0.4, 0.5) is 11.4 Å². The van der Waals surface area contributed by atoms with Gasteiger partial charge in [-0.3, -0.25) is 14.9 Å². The minimum atomic E-state index is -0.678. The molecule has 0 saturated heterocycles. The molecule has 0 aliphatic rings. The van der Waals surface area contributed by atoms with Crippen molar-refractivity contribution in [3.63, 3.8) is 0 Å². The van der Waals surface area contributed by atoms with Crippen molar-refractivity contribution in [3.05, 3.63) is 61.8 Å². The summed E-state index contributed by atoms with van der Waals surface area (Å²) in [6.07, 6.45) is 1.44. The van der Waals surface area contributed by atoms with Crippen molar-refractivity contribution in [2.24, 2.45) is 0 Å². The van der Waals surface area contributed by atoms with Crippen molar-refractivity contribution in [2.75, 3.05) is 5.32 Å². The summed E-state index contributed by atoms with van der Waals surface area (Å²) in [5.41, 5.74) is 0.450. The van der Waals surface area contributed by atoms with E-state index in [-0.39, 0.29) is 16.9 Å². The Bertz CT molecular complexity index is 789. The number of nitrogens with zero attached hydrogens (tertiary/aromatic N) is 2. The number of aryl methyl sites for hydroxylation is 1. The number of anilines is 1. The van der Waals surface area contributed by atoms with Crippen molar-refractivity contribution in [1.29, 1.82) is 5.26 Å². The van der Waals surface area contributed by atoms with Crippen LogP contribution in [0.15, 0.2) is 41.3 Å². The summed E-state index contributed by atoms with van der Waals surface area (Å²) >= 11 is 1.38. The maximum Gasteiger partial charge on any atom is 0.293 e. The highest BCUT2D eigenvalue weighted by atomic mass is 32.1. The summed E-state index contributed by atoms with van der Waals surface area (Å²) in [4.78, 5) is 23.3. The molecule has 1 N–H and O–H groups in total. The van der Waals surface area contributed by atoms with E-state index >= 15 is 0 Å². The van der Waals surface area contributed by atoms with Gasteiger partial charge in [0.05, 0.1) is 4.92 Å². The second-order valence-electron chi connectivity index (χ2n) is 4.42. The number of nitrogens with one attached hydrogen (secondary N) is 1. The highest BCUT2D eigenvalue weighted by Gasteiger charge is 2.18. The first-order chi connectivity index (χ1) is 10.5. The summed E-state index contributed by atoms with van der Waals surface area (Å²) in [5.74, 6) is -0.678. The van der Waals surface area contributed by atoms with E-state index in [1.54, 1.807) is 31.2 Å². The number of hydrogen-bond acceptors (Lipinski definition) is 5. The minimum absolute atomic E-state index is 0.0629. The summed E-state index contributed by atoms with van der Waals surface area (Å²) in [6.45, 7) is 1.72. The summed E-state index contributed by atoms with van der Waals surface area (Å²) < 4.78 is 0. The number of rotatable bonds is 4. The van der Waals surface area contributed by atoms with Gasteiger partial charge in [-0.15, -0.1) is 11.3 Å². The molecule has 1 amide bonds. The number of hydrogen-bond donors (Lipinski definition) is 1. The van der Waals surface area contributed by atoms with Crippen LogP contribution >= 0.6 is 11.3 Å². The van der Waals surface area contributed by atoms with E-state index in [1.165, 1.54) is 29.5 Å². The highest BCUT2D eigenvalue weighted by Crippen LogP contribution is 2.26. The van der Waals surface area contributed by atoms with Crippen LogP contribution in [0.1, 0.15) is 10.4 Å². The lowest BCUT2D eigenvalue weighted by molar-refractivity contribution is -0.384. The van der Waals surface area contributed by atoms with Crippen molar-refractivity contribution in [2.45, 2.75) is 6.92 Å². The molecule has 0 radical (unpaired) electrons. The Morgan fingerprint density at radius 3 is 2.82 bits per heavy atom. The molecular weight excluding hydrogens is 302 g/mol. The number of nitro groups is 1. The monoisotopic (exact) mass is 313 g/mol. The van der Waals surface area contributed by atoms with E-state index in [0.29, 0.717) is 5.56 Å². The first-order valence-electron chi connectivity index (χ1n) is 6.23. The lowest BCUT2D eigenvalue weighted by atomic mass is 10.1. The van der Waals surface area contributed by atoms with Gasteiger partial charge in [0.25, 0.3) is 11.6 Å². The van der Waals surface area contributed by atoms with E-state index in [1.807, 2.05) is 5.38 Å². The fourth-order valence-corrected chi connectivity index (χ4v) is 2.41. The van der Waals surface area contributed by atoms with E-state index < -0.39 is 10.8 Å². The molecule has 2 aromatic rings. The second-order valence-corrected chi connectivity index (χ2v) is 5.40. The molecule has 1 aromatic carbocycles. The molecule has 0 atom stereocenters. The smallest absolute Gasteiger partial charge is 0.293 e. The second kappa shape index (κ2) is 6.65. The SMILES string of the molecule is Cc1ccc(NC(=O)C(C#N)=Cc2cccs2)c([N+](=O)[O-])c1. The molecule has 0 aliphatic carbocycles. The first kappa shape index (κ1) is 15.4. The van der Waals surface area contributed by atoms with Crippen LogP contribution in [0.3, 0.4) is 0 Å². The summed E-state index contributed by atoms with van der Waals surface area (Å²) in [7, 11) is 0. The predicted octanol–water partition coefficient (Wildman–Crippen LogP) is 3.51. The zero-order valence-corrected chi connectivity index (χ0v) is 12.4. The van der Waals surface area contributed by atoms with E-state index in [4.69, 9.17) is 5.26 Å². The number of carbonyl (C=O) groups excluding carboxylic acids is 1. The number of nitro benzene ring substituents is 1. The number of thiophene rings is 1. The van der Waals surface area contributed by atoms with Crippen molar-refractivity contribution < 1.29 is 9.72 Å². The van der Waals surface area contributed by atoms with Crippen LogP contribution < -0.4 is 5.32 Å². The van der Waals surface area contributed by atoms with Gasteiger partial charge in [0.2, 0.25) is 0 Å². The zero-order valence-electron chi connectivity index (χ0n) is 11.6. The Morgan fingerprint density at radius 2 is 2.23 bits per heavy atom. The standard InChI is InChI=1S/C15H11N3O3S/c1-10-4-5-13(14(7-10)18(20)21)17-15(19)11(9-16)8-12-3-2-6-22-12/h2-8H,1H3,(H,17,19). The Morgan fingerprint density at radius 1 is 1.45 bits per heavy atom. The molecule has 0 aliphatic heterocycles. The van der Waals surface area contributed by atoms with Crippen LogP contribution in [0, 0.1) is 28.4 Å².